The van der Waals surface area contributed by atoms with Crippen molar-refractivity contribution >= 4 is 43.7 Å². The molecule has 0 bridgehead atoms. The number of ether oxygens (including phenoxy) is 1. The van der Waals surface area contributed by atoms with Gasteiger partial charge in [-0.1, -0.05) is 6.07 Å². The van der Waals surface area contributed by atoms with Gasteiger partial charge in [-0.3, -0.25) is 4.79 Å². The number of carbonyl (C=O) groups is 1. The number of hydrogen-bond acceptors (Lipinski definition) is 7. The van der Waals surface area contributed by atoms with Crippen LogP contribution in [0.3, 0.4) is 0 Å². The van der Waals surface area contributed by atoms with E-state index in [-0.39, 0.29) is 10.1 Å². The summed E-state index contributed by atoms with van der Waals surface area (Å²) >= 11 is 2.47. The van der Waals surface area contributed by atoms with Gasteiger partial charge < -0.3 is 10.1 Å². The van der Waals surface area contributed by atoms with Crippen molar-refractivity contribution in [2.24, 2.45) is 0 Å². The Balaban J connectivity index is 1.50. The number of aromatic nitrogens is 1. The second-order valence-electron chi connectivity index (χ2n) is 6.92. The minimum atomic E-state index is -3.67. The first kappa shape index (κ1) is 21.0. The van der Waals surface area contributed by atoms with Crippen LogP contribution in [0.1, 0.15) is 18.4 Å². The first-order chi connectivity index (χ1) is 14.4. The zero-order valence-corrected chi connectivity index (χ0v) is 18.9. The van der Waals surface area contributed by atoms with Crippen molar-refractivity contribution in [3.8, 4) is 17.0 Å². The molecule has 1 atom stereocenters. The highest BCUT2D eigenvalue weighted by Gasteiger charge is 2.40. The van der Waals surface area contributed by atoms with E-state index in [0.717, 1.165) is 33.9 Å². The molecule has 0 saturated carbocycles. The first-order valence-corrected chi connectivity index (χ1v) is 12.6. The summed E-state index contributed by atoms with van der Waals surface area (Å²) in [5, 5.41) is 6.83. The largest absolute Gasteiger partial charge is 0.496 e. The Morgan fingerprint density at radius 1 is 1.30 bits per heavy atom. The predicted molar refractivity (Wildman–Crippen MR) is 119 cm³/mol. The lowest BCUT2D eigenvalue weighted by molar-refractivity contribution is -0.119. The molecule has 158 valence electrons. The number of rotatable bonds is 6. The summed E-state index contributed by atoms with van der Waals surface area (Å²) in [5.74, 6) is 0.454. The number of methoxy groups -OCH3 is 1. The van der Waals surface area contributed by atoms with Gasteiger partial charge >= 0.3 is 0 Å². The van der Waals surface area contributed by atoms with Gasteiger partial charge in [0.15, 0.2) is 5.13 Å². The smallest absolute Gasteiger partial charge is 0.253 e. The lowest BCUT2D eigenvalue weighted by Gasteiger charge is -2.22. The molecule has 2 aromatic heterocycles. The Hall–Kier alpha value is -2.27. The number of sulfonamides is 1. The van der Waals surface area contributed by atoms with E-state index in [1.807, 2.05) is 30.5 Å². The van der Waals surface area contributed by atoms with E-state index in [1.54, 1.807) is 24.6 Å². The van der Waals surface area contributed by atoms with E-state index < -0.39 is 16.1 Å². The molecule has 0 spiro atoms. The van der Waals surface area contributed by atoms with E-state index in [2.05, 4.69) is 10.3 Å². The highest BCUT2D eigenvalue weighted by Crippen LogP contribution is 2.31. The van der Waals surface area contributed by atoms with Gasteiger partial charge in [-0.2, -0.15) is 4.31 Å². The maximum absolute atomic E-state index is 12.9. The van der Waals surface area contributed by atoms with Crippen LogP contribution < -0.4 is 10.1 Å². The van der Waals surface area contributed by atoms with Crippen molar-refractivity contribution in [2.45, 2.75) is 30.0 Å². The monoisotopic (exact) mass is 463 g/mol. The maximum atomic E-state index is 12.9. The van der Waals surface area contributed by atoms with E-state index in [9.17, 15) is 13.2 Å². The van der Waals surface area contributed by atoms with Gasteiger partial charge in [-0.15, -0.1) is 22.7 Å². The third-order valence-electron chi connectivity index (χ3n) is 4.99. The van der Waals surface area contributed by atoms with Crippen LogP contribution in [0.4, 0.5) is 5.13 Å². The fourth-order valence-corrected chi connectivity index (χ4v) is 7.00. The summed E-state index contributed by atoms with van der Waals surface area (Å²) in [4.78, 5) is 17.4. The van der Waals surface area contributed by atoms with Gasteiger partial charge in [-0.05, 0) is 55.0 Å². The van der Waals surface area contributed by atoms with Crippen LogP contribution in [0, 0.1) is 6.92 Å². The lowest BCUT2D eigenvalue weighted by atomic mass is 10.1. The molecular formula is C20H21N3O4S3. The second-order valence-corrected chi connectivity index (χ2v) is 10.8. The van der Waals surface area contributed by atoms with E-state index >= 15 is 0 Å². The van der Waals surface area contributed by atoms with Crippen LogP contribution in [0.15, 0.2) is 45.3 Å². The number of carbonyl (C=O) groups excluding carboxylic acids is 1. The summed E-state index contributed by atoms with van der Waals surface area (Å²) in [6, 6.07) is 8.31. The summed E-state index contributed by atoms with van der Waals surface area (Å²) < 4.78 is 32.6. The molecule has 1 amide bonds. The molecule has 4 rings (SSSR count). The Morgan fingerprint density at radius 3 is 2.83 bits per heavy atom. The van der Waals surface area contributed by atoms with Crippen molar-refractivity contribution in [3.63, 3.8) is 0 Å². The summed E-state index contributed by atoms with van der Waals surface area (Å²) in [5.41, 5.74) is 2.66. The van der Waals surface area contributed by atoms with Gasteiger partial charge in [0.2, 0.25) is 5.91 Å². The average molecular weight is 464 g/mol. The van der Waals surface area contributed by atoms with Crippen molar-refractivity contribution < 1.29 is 17.9 Å². The minimum absolute atomic E-state index is 0.258. The summed E-state index contributed by atoms with van der Waals surface area (Å²) in [7, 11) is -2.04. The Morgan fingerprint density at radius 2 is 2.13 bits per heavy atom. The van der Waals surface area contributed by atoms with Gasteiger partial charge in [0, 0.05) is 17.5 Å². The number of hydrogen-bond donors (Lipinski definition) is 1. The van der Waals surface area contributed by atoms with Crippen LogP contribution >= 0.6 is 22.7 Å². The molecule has 1 aliphatic heterocycles. The molecule has 30 heavy (non-hydrogen) atoms. The molecule has 0 aliphatic carbocycles. The molecule has 1 fully saturated rings. The van der Waals surface area contributed by atoms with Gasteiger partial charge in [0.25, 0.3) is 10.0 Å². The van der Waals surface area contributed by atoms with Crippen molar-refractivity contribution in [2.75, 3.05) is 19.0 Å². The van der Waals surface area contributed by atoms with E-state index in [1.165, 1.54) is 15.6 Å². The van der Waals surface area contributed by atoms with E-state index in [4.69, 9.17) is 4.74 Å². The molecule has 3 heterocycles. The zero-order chi connectivity index (χ0) is 21.3. The first-order valence-electron chi connectivity index (χ1n) is 9.37. The summed E-state index contributed by atoms with van der Waals surface area (Å²) in [6.07, 6.45) is 1.14. The van der Waals surface area contributed by atoms with E-state index in [0.29, 0.717) is 24.5 Å². The molecule has 1 unspecified atom stereocenters. The molecule has 10 heteroatoms. The molecular weight excluding hydrogens is 442 g/mol. The van der Waals surface area contributed by atoms with Gasteiger partial charge in [0.1, 0.15) is 16.0 Å². The van der Waals surface area contributed by atoms with Crippen LogP contribution in [0.5, 0.6) is 5.75 Å². The number of thiophene rings is 1. The van der Waals surface area contributed by atoms with Crippen LogP contribution in [0.25, 0.3) is 11.3 Å². The number of nitrogens with one attached hydrogen (secondary N) is 1. The number of amides is 1. The number of aryl methyl sites for hydroxylation is 1. The fraction of sp³-hybridized carbons (Fsp3) is 0.300. The van der Waals surface area contributed by atoms with Crippen LogP contribution in [-0.4, -0.2) is 43.3 Å². The normalized spacial score (nSPS) is 17.2. The highest BCUT2D eigenvalue weighted by molar-refractivity contribution is 7.91. The van der Waals surface area contributed by atoms with Gasteiger partial charge in [0.05, 0.1) is 12.8 Å². The Labute approximate surface area is 183 Å². The number of nitrogens with zero attached hydrogens (tertiary/aromatic N) is 2. The highest BCUT2D eigenvalue weighted by atomic mass is 32.2. The quantitative estimate of drug-likeness (QED) is 0.597. The summed E-state index contributed by atoms with van der Waals surface area (Å²) in [6.45, 7) is 2.30. The SMILES string of the molecule is COc1ccc(-c2csc(NC(=O)C3CCCN3S(=O)(=O)c3cccs3)n2)cc1C. The molecule has 1 saturated heterocycles. The van der Waals surface area contributed by atoms with Gasteiger partial charge in [-0.25, -0.2) is 13.4 Å². The third-order valence-corrected chi connectivity index (χ3v) is 9.03. The molecule has 1 aliphatic rings. The molecule has 7 nitrogen and oxygen atoms in total. The Kier molecular flexibility index (Phi) is 5.92. The van der Waals surface area contributed by atoms with Crippen molar-refractivity contribution in [3.05, 3.63) is 46.7 Å². The second kappa shape index (κ2) is 8.46. The van der Waals surface area contributed by atoms with Crippen molar-refractivity contribution in [1.82, 2.24) is 9.29 Å². The van der Waals surface area contributed by atoms with Crippen LogP contribution in [0.2, 0.25) is 0 Å². The predicted octanol–water partition coefficient (Wildman–Crippen LogP) is 3.98. The fourth-order valence-electron chi connectivity index (χ4n) is 3.51. The molecule has 1 N–H and O–H groups in total. The number of anilines is 1. The lowest BCUT2D eigenvalue weighted by Crippen LogP contribution is -2.42. The number of thiazole rings is 1. The molecule has 3 aromatic rings. The van der Waals surface area contributed by atoms with Crippen LogP contribution in [-0.2, 0) is 14.8 Å². The topological polar surface area (TPSA) is 88.6 Å². The standard InChI is InChI=1S/C20H21N3O4S3/c1-13-11-14(7-8-17(13)27-2)15-12-29-20(21-15)22-19(24)16-5-3-9-23(16)30(25,26)18-6-4-10-28-18/h4,6-8,10-12,16H,3,5,9H2,1-2H3,(H,21,22,24). The average Bonchev–Trinajstić information content (AvgIpc) is 3.48. The Bertz CT molecular complexity index is 1160. The van der Waals surface area contributed by atoms with Crippen molar-refractivity contribution in [1.29, 1.82) is 0 Å². The molecule has 0 radical (unpaired) electrons. The minimum Gasteiger partial charge on any atom is -0.496 e. The third kappa shape index (κ3) is 4.00. The molecule has 1 aromatic carbocycles. The zero-order valence-electron chi connectivity index (χ0n) is 16.5. The number of benzene rings is 1. The maximum Gasteiger partial charge on any atom is 0.253 e.